The molecule has 1 heterocycles. The van der Waals surface area contributed by atoms with Gasteiger partial charge in [-0.15, -0.1) is 0 Å². The van der Waals surface area contributed by atoms with Gasteiger partial charge in [0.25, 0.3) is 0 Å². The first-order valence-corrected chi connectivity index (χ1v) is 6.31. The van der Waals surface area contributed by atoms with E-state index in [2.05, 4.69) is 23.3 Å². The molecule has 0 spiro atoms. The number of methoxy groups -OCH3 is 1. The summed E-state index contributed by atoms with van der Waals surface area (Å²) in [6.45, 7) is 3.11. The van der Waals surface area contributed by atoms with Gasteiger partial charge in [0.1, 0.15) is 0 Å². The Balaban J connectivity index is 2.05. The van der Waals surface area contributed by atoms with Crippen molar-refractivity contribution in [2.45, 2.75) is 13.3 Å². The Morgan fingerprint density at radius 2 is 2.16 bits per heavy atom. The van der Waals surface area contributed by atoms with Gasteiger partial charge in [-0.25, -0.2) is 0 Å². The highest BCUT2D eigenvalue weighted by atomic mass is 16.5. The summed E-state index contributed by atoms with van der Waals surface area (Å²) >= 11 is 0. The Labute approximate surface area is 112 Å². The highest BCUT2D eigenvalue weighted by Gasteiger charge is 2.05. The molecule has 0 saturated heterocycles. The molecule has 2 rings (SSSR count). The normalized spacial score (nSPS) is 10.6. The predicted octanol–water partition coefficient (Wildman–Crippen LogP) is 1.85. The average Bonchev–Trinajstić information content (AvgIpc) is 2.39. The Morgan fingerprint density at radius 1 is 1.32 bits per heavy atom. The van der Waals surface area contributed by atoms with Crippen molar-refractivity contribution in [3.05, 3.63) is 41.6 Å². The number of pyridine rings is 1. The van der Waals surface area contributed by atoms with Gasteiger partial charge in [-0.3, -0.25) is 9.78 Å². The van der Waals surface area contributed by atoms with Crippen LogP contribution in [0.4, 0.5) is 0 Å². The van der Waals surface area contributed by atoms with E-state index in [-0.39, 0.29) is 5.91 Å². The minimum atomic E-state index is -0.0315. The lowest BCUT2D eigenvalue weighted by Crippen LogP contribution is -2.28. The van der Waals surface area contributed by atoms with Crippen molar-refractivity contribution in [1.29, 1.82) is 0 Å². The molecule has 0 unspecified atom stereocenters. The van der Waals surface area contributed by atoms with E-state index in [1.54, 1.807) is 7.11 Å². The number of hydrogen-bond acceptors (Lipinski definition) is 3. The molecule has 0 bridgehead atoms. The summed E-state index contributed by atoms with van der Waals surface area (Å²) in [7, 11) is 1.61. The Morgan fingerprint density at radius 3 is 2.95 bits per heavy atom. The highest BCUT2D eigenvalue weighted by Crippen LogP contribution is 2.14. The van der Waals surface area contributed by atoms with Crippen LogP contribution in [0.1, 0.15) is 11.3 Å². The van der Waals surface area contributed by atoms with Crippen molar-refractivity contribution in [2.75, 3.05) is 20.3 Å². The summed E-state index contributed by atoms with van der Waals surface area (Å²) in [4.78, 5) is 16.2. The molecule has 1 N–H and O–H groups in total. The maximum absolute atomic E-state index is 11.7. The second-order valence-corrected chi connectivity index (χ2v) is 4.52. The van der Waals surface area contributed by atoms with E-state index in [9.17, 15) is 4.79 Å². The summed E-state index contributed by atoms with van der Waals surface area (Å²) in [6.07, 6.45) is 0.299. The quantitative estimate of drug-likeness (QED) is 0.833. The van der Waals surface area contributed by atoms with E-state index in [1.807, 2.05) is 24.3 Å². The molecule has 100 valence electrons. The number of hydrogen-bond donors (Lipinski definition) is 1. The van der Waals surface area contributed by atoms with Crippen LogP contribution in [0.5, 0.6) is 0 Å². The van der Waals surface area contributed by atoms with Crippen LogP contribution in [0.15, 0.2) is 30.3 Å². The van der Waals surface area contributed by atoms with E-state index < -0.39 is 0 Å². The van der Waals surface area contributed by atoms with Gasteiger partial charge in [0, 0.05) is 19.0 Å². The first kappa shape index (κ1) is 13.5. The summed E-state index contributed by atoms with van der Waals surface area (Å²) < 4.78 is 4.88. The SMILES string of the molecule is COCCNC(=O)Cc1ccc2cc(C)ccc2n1. The largest absolute Gasteiger partial charge is 0.383 e. The molecule has 0 saturated carbocycles. The number of aromatic nitrogens is 1. The standard InChI is InChI=1S/C15H18N2O2/c1-11-3-6-14-12(9-11)4-5-13(17-14)10-15(18)16-7-8-19-2/h3-6,9H,7-8,10H2,1-2H3,(H,16,18). The van der Waals surface area contributed by atoms with Crippen LogP contribution in [-0.4, -0.2) is 31.2 Å². The van der Waals surface area contributed by atoms with Crippen LogP contribution in [0.25, 0.3) is 10.9 Å². The molecular weight excluding hydrogens is 240 g/mol. The second kappa shape index (κ2) is 6.29. The summed E-state index contributed by atoms with van der Waals surface area (Å²) in [5, 5.41) is 3.89. The number of ether oxygens (including phenoxy) is 1. The fourth-order valence-electron chi connectivity index (χ4n) is 1.91. The molecule has 4 nitrogen and oxygen atoms in total. The van der Waals surface area contributed by atoms with Gasteiger partial charge >= 0.3 is 0 Å². The topological polar surface area (TPSA) is 51.2 Å². The van der Waals surface area contributed by atoms with Crippen LogP contribution in [0, 0.1) is 6.92 Å². The lowest BCUT2D eigenvalue weighted by Gasteiger charge is -2.05. The van der Waals surface area contributed by atoms with Gasteiger partial charge in [0.15, 0.2) is 0 Å². The highest BCUT2D eigenvalue weighted by molar-refractivity contribution is 5.82. The van der Waals surface area contributed by atoms with E-state index in [4.69, 9.17) is 4.74 Å². The molecule has 4 heteroatoms. The maximum Gasteiger partial charge on any atom is 0.226 e. The van der Waals surface area contributed by atoms with E-state index in [0.29, 0.717) is 19.6 Å². The van der Waals surface area contributed by atoms with Gasteiger partial charge in [-0.2, -0.15) is 0 Å². The second-order valence-electron chi connectivity index (χ2n) is 4.52. The fourth-order valence-corrected chi connectivity index (χ4v) is 1.91. The van der Waals surface area contributed by atoms with Crippen molar-refractivity contribution >= 4 is 16.8 Å². The fraction of sp³-hybridized carbons (Fsp3) is 0.333. The number of nitrogens with one attached hydrogen (secondary N) is 1. The smallest absolute Gasteiger partial charge is 0.226 e. The molecule has 0 aliphatic heterocycles. The van der Waals surface area contributed by atoms with Crippen LogP contribution < -0.4 is 5.32 Å². The van der Waals surface area contributed by atoms with Gasteiger partial charge in [0.05, 0.1) is 24.2 Å². The molecule has 0 aliphatic carbocycles. The third-order valence-corrected chi connectivity index (χ3v) is 2.87. The maximum atomic E-state index is 11.7. The summed E-state index contributed by atoms with van der Waals surface area (Å²) in [5.74, 6) is -0.0315. The van der Waals surface area contributed by atoms with Gasteiger partial charge in [-0.05, 0) is 25.1 Å². The van der Waals surface area contributed by atoms with Crippen LogP contribution >= 0.6 is 0 Å². The molecule has 2 aromatic rings. The van der Waals surface area contributed by atoms with Crippen molar-refractivity contribution < 1.29 is 9.53 Å². The minimum absolute atomic E-state index is 0.0315. The molecule has 1 aromatic heterocycles. The molecule has 1 amide bonds. The third kappa shape index (κ3) is 3.76. The Kier molecular flexibility index (Phi) is 4.47. The van der Waals surface area contributed by atoms with Gasteiger partial charge in [-0.1, -0.05) is 17.7 Å². The van der Waals surface area contributed by atoms with Gasteiger partial charge in [0.2, 0.25) is 5.91 Å². The molecule has 19 heavy (non-hydrogen) atoms. The monoisotopic (exact) mass is 258 g/mol. The number of fused-ring (bicyclic) bond motifs is 1. The number of nitrogens with zero attached hydrogens (tertiary/aromatic N) is 1. The lowest BCUT2D eigenvalue weighted by molar-refractivity contribution is -0.120. The zero-order valence-corrected chi connectivity index (χ0v) is 11.3. The van der Waals surface area contributed by atoms with E-state index in [0.717, 1.165) is 16.6 Å². The first-order valence-electron chi connectivity index (χ1n) is 6.31. The number of aryl methyl sites for hydroxylation is 1. The number of carbonyl (C=O) groups excluding carboxylic acids is 1. The van der Waals surface area contributed by atoms with Crippen molar-refractivity contribution in [3.63, 3.8) is 0 Å². The van der Waals surface area contributed by atoms with Crippen molar-refractivity contribution in [3.8, 4) is 0 Å². The van der Waals surface area contributed by atoms with Crippen LogP contribution in [0.3, 0.4) is 0 Å². The number of amides is 1. The molecule has 0 atom stereocenters. The molecule has 0 fully saturated rings. The zero-order valence-electron chi connectivity index (χ0n) is 11.3. The summed E-state index contributed by atoms with van der Waals surface area (Å²) in [6, 6.07) is 10.0. The minimum Gasteiger partial charge on any atom is -0.383 e. The predicted molar refractivity (Wildman–Crippen MR) is 75.1 cm³/mol. The molecular formula is C15H18N2O2. The number of rotatable bonds is 5. The van der Waals surface area contributed by atoms with Crippen LogP contribution in [-0.2, 0) is 16.0 Å². The zero-order chi connectivity index (χ0) is 13.7. The van der Waals surface area contributed by atoms with Crippen LogP contribution in [0.2, 0.25) is 0 Å². The first-order chi connectivity index (χ1) is 9.19. The van der Waals surface area contributed by atoms with E-state index in [1.165, 1.54) is 5.56 Å². The number of carbonyl (C=O) groups is 1. The third-order valence-electron chi connectivity index (χ3n) is 2.87. The Bertz CT molecular complexity index is 581. The number of benzene rings is 1. The van der Waals surface area contributed by atoms with Crippen molar-refractivity contribution in [2.24, 2.45) is 0 Å². The van der Waals surface area contributed by atoms with E-state index >= 15 is 0 Å². The molecule has 0 aliphatic rings. The summed E-state index contributed by atoms with van der Waals surface area (Å²) in [5.41, 5.74) is 2.92. The Hall–Kier alpha value is -1.94. The molecule has 1 aromatic carbocycles. The van der Waals surface area contributed by atoms with Crippen molar-refractivity contribution in [1.82, 2.24) is 10.3 Å². The lowest BCUT2D eigenvalue weighted by atomic mass is 10.1. The molecule has 0 radical (unpaired) electrons. The average molecular weight is 258 g/mol. The van der Waals surface area contributed by atoms with Gasteiger partial charge < -0.3 is 10.1 Å².